The minimum atomic E-state index is -2.89. The molecule has 0 aliphatic rings. The third-order valence-corrected chi connectivity index (χ3v) is 4.01. The molecule has 0 amide bonds. The zero-order valence-corrected chi connectivity index (χ0v) is 18.5. The van der Waals surface area contributed by atoms with Crippen molar-refractivity contribution in [3.05, 3.63) is 23.8 Å². The number of aliphatic imine (C=N–C) groups is 1. The van der Waals surface area contributed by atoms with E-state index in [1.807, 2.05) is 18.7 Å². The molecule has 0 aliphatic carbocycles. The lowest BCUT2D eigenvalue weighted by atomic mass is 10.2. The van der Waals surface area contributed by atoms with Crippen LogP contribution in [0.5, 0.6) is 11.5 Å². The molecule has 0 aliphatic heterocycles. The maximum atomic E-state index is 12.6. The van der Waals surface area contributed by atoms with E-state index in [2.05, 4.69) is 26.6 Å². The Balaban J connectivity index is 0.00000625. The summed E-state index contributed by atoms with van der Waals surface area (Å²) in [6.45, 7) is 0.850. The van der Waals surface area contributed by atoms with Gasteiger partial charge in [-0.2, -0.15) is 20.5 Å². The number of thioether (sulfide) groups is 1. The van der Waals surface area contributed by atoms with Crippen LogP contribution in [0.25, 0.3) is 0 Å². The SMILES string of the molecule is CCNC(=NCc1ccc(OC)cc1OC(F)F)NCCCCSC.I. The Hall–Kier alpha value is -0.970. The maximum Gasteiger partial charge on any atom is 0.387 e. The molecule has 1 aromatic carbocycles. The summed E-state index contributed by atoms with van der Waals surface area (Å²) in [4.78, 5) is 4.45. The molecule has 2 N–H and O–H groups in total. The maximum absolute atomic E-state index is 12.6. The summed E-state index contributed by atoms with van der Waals surface area (Å²) in [5, 5.41) is 6.40. The van der Waals surface area contributed by atoms with E-state index in [0.717, 1.165) is 31.7 Å². The van der Waals surface area contributed by atoms with Gasteiger partial charge in [-0.25, -0.2) is 4.99 Å². The van der Waals surface area contributed by atoms with Crippen molar-refractivity contribution in [2.24, 2.45) is 4.99 Å². The van der Waals surface area contributed by atoms with E-state index in [0.29, 0.717) is 17.3 Å². The molecule has 1 rings (SSSR count). The first-order chi connectivity index (χ1) is 12.1. The molecule has 0 radical (unpaired) electrons. The monoisotopic (exact) mass is 503 g/mol. The third kappa shape index (κ3) is 10.2. The molecule has 5 nitrogen and oxygen atoms in total. The van der Waals surface area contributed by atoms with Gasteiger partial charge in [-0.05, 0) is 43.9 Å². The fraction of sp³-hybridized carbons (Fsp3) is 0.588. The number of hydrogen-bond donors (Lipinski definition) is 2. The fourth-order valence-electron chi connectivity index (χ4n) is 2.08. The van der Waals surface area contributed by atoms with Gasteiger partial charge < -0.3 is 20.1 Å². The van der Waals surface area contributed by atoms with Crippen molar-refractivity contribution in [2.45, 2.75) is 32.9 Å². The molecule has 0 heterocycles. The molecule has 9 heteroatoms. The van der Waals surface area contributed by atoms with E-state index >= 15 is 0 Å². The second-order valence-electron chi connectivity index (χ2n) is 5.17. The lowest BCUT2D eigenvalue weighted by Gasteiger charge is -2.13. The van der Waals surface area contributed by atoms with Crippen molar-refractivity contribution in [1.82, 2.24) is 10.6 Å². The molecule has 0 saturated heterocycles. The first-order valence-electron chi connectivity index (χ1n) is 8.23. The number of halogens is 3. The average molecular weight is 503 g/mol. The highest BCUT2D eigenvalue weighted by Crippen LogP contribution is 2.27. The highest BCUT2D eigenvalue weighted by molar-refractivity contribution is 14.0. The number of nitrogens with one attached hydrogen (secondary N) is 2. The zero-order valence-electron chi connectivity index (χ0n) is 15.4. The van der Waals surface area contributed by atoms with Crippen LogP contribution in [0.2, 0.25) is 0 Å². The summed E-state index contributed by atoms with van der Waals surface area (Å²) < 4.78 is 34.8. The molecule has 26 heavy (non-hydrogen) atoms. The molecule has 150 valence electrons. The summed E-state index contributed by atoms with van der Waals surface area (Å²) in [5.41, 5.74) is 0.570. The van der Waals surface area contributed by atoms with Gasteiger partial charge in [0.05, 0.1) is 13.7 Å². The second kappa shape index (κ2) is 15.1. The minimum Gasteiger partial charge on any atom is -0.497 e. The molecule has 0 atom stereocenters. The van der Waals surface area contributed by atoms with Gasteiger partial charge in [-0.15, -0.1) is 24.0 Å². The van der Waals surface area contributed by atoms with Gasteiger partial charge in [0.1, 0.15) is 11.5 Å². The predicted molar refractivity (Wildman–Crippen MR) is 115 cm³/mol. The van der Waals surface area contributed by atoms with Crippen LogP contribution < -0.4 is 20.1 Å². The Kier molecular flexibility index (Phi) is 14.6. The fourth-order valence-corrected chi connectivity index (χ4v) is 2.58. The first-order valence-corrected chi connectivity index (χ1v) is 9.63. The zero-order chi connectivity index (χ0) is 18.5. The van der Waals surface area contributed by atoms with E-state index in [1.54, 1.807) is 12.1 Å². The number of benzene rings is 1. The molecule has 1 aromatic rings. The van der Waals surface area contributed by atoms with Gasteiger partial charge in [0.2, 0.25) is 0 Å². The van der Waals surface area contributed by atoms with Gasteiger partial charge in [0, 0.05) is 24.7 Å². The highest BCUT2D eigenvalue weighted by Gasteiger charge is 2.11. The topological polar surface area (TPSA) is 54.9 Å². The van der Waals surface area contributed by atoms with E-state index < -0.39 is 6.61 Å². The molecule has 0 aromatic heterocycles. The van der Waals surface area contributed by atoms with E-state index in [-0.39, 0.29) is 36.3 Å². The molecular weight excluding hydrogens is 475 g/mol. The Morgan fingerprint density at radius 1 is 1.27 bits per heavy atom. The molecule has 0 bridgehead atoms. The van der Waals surface area contributed by atoms with E-state index in [4.69, 9.17) is 4.74 Å². The summed E-state index contributed by atoms with van der Waals surface area (Å²) in [5.74, 6) is 2.33. The Morgan fingerprint density at radius 2 is 2.04 bits per heavy atom. The van der Waals surface area contributed by atoms with Crippen LogP contribution in [0.15, 0.2) is 23.2 Å². The van der Waals surface area contributed by atoms with Crippen LogP contribution in [0, 0.1) is 0 Å². The number of hydrogen-bond acceptors (Lipinski definition) is 4. The Morgan fingerprint density at radius 3 is 2.65 bits per heavy atom. The van der Waals surface area contributed by atoms with Crippen LogP contribution in [-0.2, 0) is 6.54 Å². The van der Waals surface area contributed by atoms with Gasteiger partial charge in [-0.1, -0.05) is 0 Å². The molecule has 0 saturated carbocycles. The van der Waals surface area contributed by atoms with E-state index in [1.165, 1.54) is 13.2 Å². The highest BCUT2D eigenvalue weighted by atomic mass is 127. The van der Waals surface area contributed by atoms with Crippen molar-refractivity contribution >= 4 is 41.7 Å². The van der Waals surface area contributed by atoms with Crippen LogP contribution in [0.3, 0.4) is 0 Å². The quantitative estimate of drug-likeness (QED) is 0.206. The van der Waals surface area contributed by atoms with E-state index in [9.17, 15) is 8.78 Å². The van der Waals surface area contributed by atoms with Crippen molar-refractivity contribution in [3.8, 4) is 11.5 Å². The normalized spacial score (nSPS) is 11.1. The van der Waals surface area contributed by atoms with Crippen molar-refractivity contribution in [2.75, 3.05) is 32.2 Å². The molecule has 0 fully saturated rings. The molecule has 0 unspecified atom stereocenters. The number of guanidine groups is 1. The van der Waals surface area contributed by atoms with Crippen LogP contribution >= 0.6 is 35.7 Å². The lowest BCUT2D eigenvalue weighted by Crippen LogP contribution is -2.37. The smallest absolute Gasteiger partial charge is 0.387 e. The summed E-state index contributed by atoms with van der Waals surface area (Å²) in [7, 11) is 1.48. The van der Waals surface area contributed by atoms with Crippen molar-refractivity contribution < 1.29 is 18.3 Å². The molecular formula is C17H28F2IN3O2S. The van der Waals surface area contributed by atoms with Crippen LogP contribution in [0.4, 0.5) is 8.78 Å². The Labute approximate surface area is 175 Å². The second-order valence-corrected chi connectivity index (χ2v) is 6.16. The van der Waals surface area contributed by atoms with Gasteiger partial charge in [-0.3, -0.25) is 0 Å². The number of nitrogens with zero attached hydrogens (tertiary/aromatic N) is 1. The largest absolute Gasteiger partial charge is 0.497 e. The standard InChI is InChI=1S/C17H27F2N3O2S.HI/c1-4-20-17(21-9-5-6-10-25-3)22-12-13-7-8-14(23-2)11-15(13)24-16(18)19;/h7-8,11,16H,4-6,9-10,12H2,1-3H3,(H2,20,21,22);1H. The number of rotatable bonds is 11. The first kappa shape index (κ1) is 25.0. The number of methoxy groups -OCH3 is 1. The summed E-state index contributed by atoms with van der Waals surface area (Å²) in [6.07, 6.45) is 4.28. The van der Waals surface area contributed by atoms with Crippen molar-refractivity contribution in [1.29, 1.82) is 0 Å². The number of ether oxygens (including phenoxy) is 2. The molecule has 0 spiro atoms. The lowest BCUT2D eigenvalue weighted by molar-refractivity contribution is -0.0505. The van der Waals surface area contributed by atoms with Crippen molar-refractivity contribution in [3.63, 3.8) is 0 Å². The van der Waals surface area contributed by atoms with Crippen LogP contribution in [0.1, 0.15) is 25.3 Å². The number of unbranched alkanes of at least 4 members (excludes halogenated alkanes) is 1. The van der Waals surface area contributed by atoms with Gasteiger partial charge in [0.15, 0.2) is 5.96 Å². The third-order valence-electron chi connectivity index (χ3n) is 3.31. The Bertz CT molecular complexity index is 537. The van der Waals surface area contributed by atoms with Crippen LogP contribution in [-0.4, -0.2) is 44.8 Å². The number of alkyl halides is 2. The predicted octanol–water partition coefficient (Wildman–Crippen LogP) is 4.11. The minimum absolute atomic E-state index is 0. The van der Waals surface area contributed by atoms with Gasteiger partial charge in [0.25, 0.3) is 0 Å². The van der Waals surface area contributed by atoms with Gasteiger partial charge >= 0.3 is 6.61 Å². The average Bonchev–Trinajstić information content (AvgIpc) is 2.59. The summed E-state index contributed by atoms with van der Waals surface area (Å²) >= 11 is 1.83. The summed E-state index contributed by atoms with van der Waals surface area (Å²) in [6, 6.07) is 4.83.